The summed E-state index contributed by atoms with van der Waals surface area (Å²) in [6.07, 6.45) is 3.90. The highest BCUT2D eigenvalue weighted by molar-refractivity contribution is 5.79. The second-order valence-electron chi connectivity index (χ2n) is 3.39. The summed E-state index contributed by atoms with van der Waals surface area (Å²) in [4.78, 5) is 0. The average Bonchev–Trinajstić information content (AvgIpc) is 2.14. The smallest absolute Gasteiger partial charge is 0.0934 e. The lowest BCUT2D eigenvalue weighted by Crippen LogP contribution is -2.18. The van der Waals surface area contributed by atoms with Gasteiger partial charge in [0.15, 0.2) is 0 Å². The molecule has 0 aromatic carbocycles. The third-order valence-electron chi connectivity index (χ3n) is 1.94. The first-order valence-electron chi connectivity index (χ1n) is 5.12. The molecule has 84 valence electrons. The summed E-state index contributed by atoms with van der Waals surface area (Å²) in [5, 5.41) is 13.7. The molecule has 4 heteroatoms. The number of hydrogen-bond donors (Lipinski definition) is 4. The summed E-state index contributed by atoms with van der Waals surface area (Å²) >= 11 is 0. The lowest BCUT2D eigenvalue weighted by molar-refractivity contribution is 0.728. The molecule has 0 radical (unpaired) electrons. The molecule has 0 heterocycles. The zero-order valence-electron chi connectivity index (χ0n) is 9.56. The Morgan fingerprint density at radius 3 is 1.79 bits per heavy atom. The van der Waals surface area contributed by atoms with Crippen molar-refractivity contribution in [2.75, 3.05) is 0 Å². The molecule has 0 aromatic rings. The Bertz CT molecular complexity index is 166. The SMILES string of the molecule is CCC(C)C(=N)N.CCCCC(=N)N. The molecule has 0 rings (SSSR count). The molecule has 0 aliphatic carbocycles. The van der Waals surface area contributed by atoms with E-state index in [9.17, 15) is 0 Å². The predicted octanol–water partition coefficient (Wildman–Crippen LogP) is 2.08. The van der Waals surface area contributed by atoms with Crippen LogP contribution < -0.4 is 11.5 Å². The van der Waals surface area contributed by atoms with E-state index in [0.717, 1.165) is 25.7 Å². The molecule has 1 atom stereocenters. The van der Waals surface area contributed by atoms with Crippen LogP contribution in [0.5, 0.6) is 0 Å². The molecule has 0 bridgehead atoms. The van der Waals surface area contributed by atoms with Gasteiger partial charge in [-0.15, -0.1) is 0 Å². The summed E-state index contributed by atoms with van der Waals surface area (Å²) in [5.41, 5.74) is 10.2. The first-order valence-corrected chi connectivity index (χ1v) is 5.12. The minimum absolute atomic E-state index is 0.264. The van der Waals surface area contributed by atoms with Crippen LogP contribution in [0.2, 0.25) is 0 Å². The quantitative estimate of drug-likeness (QED) is 0.403. The second kappa shape index (κ2) is 10.0. The largest absolute Gasteiger partial charge is 0.388 e. The number of amidine groups is 2. The lowest BCUT2D eigenvalue weighted by atomic mass is 10.1. The van der Waals surface area contributed by atoms with E-state index in [1.807, 2.05) is 13.8 Å². The maximum atomic E-state index is 6.88. The van der Waals surface area contributed by atoms with E-state index in [1.165, 1.54) is 0 Å². The normalized spacial score (nSPS) is 11.1. The molecule has 6 N–H and O–H groups in total. The van der Waals surface area contributed by atoms with Crippen LogP contribution in [-0.4, -0.2) is 11.7 Å². The zero-order valence-corrected chi connectivity index (χ0v) is 9.56. The first kappa shape index (κ1) is 15.4. The second-order valence-corrected chi connectivity index (χ2v) is 3.39. The number of unbranched alkanes of at least 4 members (excludes halogenated alkanes) is 1. The van der Waals surface area contributed by atoms with Crippen LogP contribution in [0.1, 0.15) is 46.5 Å². The number of hydrogen-bond acceptors (Lipinski definition) is 2. The average molecular weight is 200 g/mol. The molecule has 0 fully saturated rings. The molecule has 4 nitrogen and oxygen atoms in total. The van der Waals surface area contributed by atoms with Crippen molar-refractivity contribution in [2.45, 2.75) is 46.5 Å². The van der Waals surface area contributed by atoms with E-state index in [4.69, 9.17) is 22.3 Å². The third-order valence-corrected chi connectivity index (χ3v) is 1.94. The minimum atomic E-state index is 0.264. The fourth-order valence-electron chi connectivity index (χ4n) is 0.587. The van der Waals surface area contributed by atoms with Gasteiger partial charge in [0.25, 0.3) is 0 Å². The van der Waals surface area contributed by atoms with Crippen molar-refractivity contribution in [3.05, 3.63) is 0 Å². The van der Waals surface area contributed by atoms with Crippen molar-refractivity contribution in [3.8, 4) is 0 Å². The zero-order chi connectivity index (χ0) is 11.6. The fraction of sp³-hybridized carbons (Fsp3) is 0.800. The lowest BCUT2D eigenvalue weighted by Gasteiger charge is -2.01. The fourth-order valence-corrected chi connectivity index (χ4v) is 0.587. The van der Waals surface area contributed by atoms with Gasteiger partial charge in [-0.3, -0.25) is 10.8 Å². The van der Waals surface area contributed by atoms with Gasteiger partial charge in [0.2, 0.25) is 0 Å². The Kier molecular flexibility index (Phi) is 11.0. The summed E-state index contributed by atoms with van der Waals surface area (Å²) in [7, 11) is 0. The molecule has 0 saturated carbocycles. The van der Waals surface area contributed by atoms with Crippen LogP contribution in [-0.2, 0) is 0 Å². The van der Waals surface area contributed by atoms with E-state index < -0.39 is 0 Å². The van der Waals surface area contributed by atoms with E-state index in [2.05, 4.69) is 6.92 Å². The van der Waals surface area contributed by atoms with E-state index in [-0.39, 0.29) is 5.92 Å². The van der Waals surface area contributed by atoms with Gasteiger partial charge in [0.1, 0.15) is 0 Å². The highest BCUT2D eigenvalue weighted by atomic mass is 14.7. The number of nitrogens with two attached hydrogens (primary N) is 2. The van der Waals surface area contributed by atoms with Gasteiger partial charge in [0, 0.05) is 12.3 Å². The topological polar surface area (TPSA) is 99.7 Å². The molecular weight excluding hydrogens is 176 g/mol. The van der Waals surface area contributed by atoms with Gasteiger partial charge < -0.3 is 11.5 Å². The Morgan fingerprint density at radius 1 is 1.21 bits per heavy atom. The maximum Gasteiger partial charge on any atom is 0.0934 e. The molecule has 0 amide bonds. The molecule has 1 unspecified atom stereocenters. The van der Waals surface area contributed by atoms with Crippen molar-refractivity contribution in [1.82, 2.24) is 0 Å². The van der Waals surface area contributed by atoms with Gasteiger partial charge >= 0.3 is 0 Å². The summed E-state index contributed by atoms with van der Waals surface area (Å²) in [5.74, 6) is 0.865. The molecule has 0 saturated heterocycles. The van der Waals surface area contributed by atoms with Crippen LogP contribution in [0.3, 0.4) is 0 Å². The highest BCUT2D eigenvalue weighted by Crippen LogP contribution is 1.96. The third kappa shape index (κ3) is 13.5. The van der Waals surface area contributed by atoms with E-state index in [1.54, 1.807) is 0 Å². The Labute approximate surface area is 87.1 Å². The van der Waals surface area contributed by atoms with Crippen molar-refractivity contribution in [1.29, 1.82) is 10.8 Å². The van der Waals surface area contributed by atoms with Crippen LogP contribution in [0.4, 0.5) is 0 Å². The van der Waals surface area contributed by atoms with Gasteiger partial charge in [0.05, 0.1) is 11.7 Å². The molecule has 0 aliphatic heterocycles. The van der Waals surface area contributed by atoms with Crippen molar-refractivity contribution in [3.63, 3.8) is 0 Å². The Balaban J connectivity index is 0. The van der Waals surface area contributed by atoms with Gasteiger partial charge in [-0.05, 0) is 12.8 Å². The van der Waals surface area contributed by atoms with Crippen LogP contribution in [0.25, 0.3) is 0 Å². The summed E-state index contributed by atoms with van der Waals surface area (Å²) < 4.78 is 0. The van der Waals surface area contributed by atoms with Crippen molar-refractivity contribution < 1.29 is 0 Å². The molecule has 0 spiro atoms. The van der Waals surface area contributed by atoms with Gasteiger partial charge in [-0.2, -0.15) is 0 Å². The molecule has 0 aromatic heterocycles. The Morgan fingerprint density at radius 2 is 1.71 bits per heavy atom. The van der Waals surface area contributed by atoms with Gasteiger partial charge in [-0.25, -0.2) is 0 Å². The van der Waals surface area contributed by atoms with Gasteiger partial charge in [-0.1, -0.05) is 27.2 Å². The Hall–Kier alpha value is -1.06. The highest BCUT2D eigenvalue weighted by Gasteiger charge is 1.97. The van der Waals surface area contributed by atoms with E-state index in [0.29, 0.717) is 11.7 Å². The van der Waals surface area contributed by atoms with Crippen LogP contribution in [0, 0.1) is 16.7 Å². The summed E-state index contributed by atoms with van der Waals surface area (Å²) in [6, 6.07) is 0. The molecular formula is C10H24N4. The van der Waals surface area contributed by atoms with E-state index >= 15 is 0 Å². The van der Waals surface area contributed by atoms with Crippen LogP contribution >= 0.6 is 0 Å². The predicted molar refractivity (Wildman–Crippen MR) is 62.8 cm³/mol. The molecule has 0 aliphatic rings. The minimum Gasteiger partial charge on any atom is -0.388 e. The number of rotatable bonds is 5. The summed E-state index contributed by atoms with van der Waals surface area (Å²) in [6.45, 7) is 6.05. The number of nitrogens with one attached hydrogen (secondary N) is 2. The first-order chi connectivity index (χ1) is 6.45. The van der Waals surface area contributed by atoms with Crippen LogP contribution in [0.15, 0.2) is 0 Å². The maximum absolute atomic E-state index is 6.88. The standard InChI is InChI=1S/2C5H12N2/c1-3-4(2)5(6)7;1-2-3-4-5(6)7/h4H,3H2,1-2H3,(H3,6,7);2-4H2,1H3,(H3,6,7). The molecule has 14 heavy (non-hydrogen) atoms. The van der Waals surface area contributed by atoms with Crippen molar-refractivity contribution in [2.24, 2.45) is 17.4 Å². The van der Waals surface area contributed by atoms with Crippen molar-refractivity contribution >= 4 is 11.7 Å². The monoisotopic (exact) mass is 200 g/mol.